The first-order valence-electron chi connectivity index (χ1n) is 25.5. The highest BCUT2D eigenvalue weighted by Gasteiger charge is 2.25. The van der Waals surface area contributed by atoms with Gasteiger partial charge in [-0.2, -0.15) is 5.26 Å². The lowest BCUT2D eigenvalue weighted by Crippen LogP contribution is -2.07. The smallest absolute Gasteiger partial charge is 0.166 e. The van der Waals surface area contributed by atoms with Gasteiger partial charge in [0, 0.05) is 38.2 Å². The third-order valence-corrected chi connectivity index (χ3v) is 14.6. The highest BCUT2D eigenvalue weighted by atomic mass is 15.1. The predicted molar refractivity (Wildman–Crippen MR) is 311 cm³/mol. The summed E-state index contributed by atoms with van der Waals surface area (Å²) >= 11 is 0. The highest BCUT2D eigenvalue weighted by molar-refractivity contribution is 6.14. The maximum atomic E-state index is 11.6. The molecule has 0 atom stereocenters. The van der Waals surface area contributed by atoms with Gasteiger partial charge >= 0.3 is 0 Å². The van der Waals surface area contributed by atoms with E-state index in [1.54, 1.807) is 0 Å². The van der Waals surface area contributed by atoms with Crippen molar-refractivity contribution in [2.75, 3.05) is 0 Å². The molecule has 0 fully saturated rings. The number of hydrogen-bond donors (Lipinski definition) is 0. The van der Waals surface area contributed by atoms with Crippen molar-refractivity contribution in [3.8, 4) is 96.1 Å². The summed E-state index contributed by atoms with van der Waals surface area (Å²) in [7, 11) is 0. The maximum absolute atomic E-state index is 11.6. The van der Waals surface area contributed by atoms with Gasteiger partial charge in [0.05, 0.1) is 39.0 Å². The summed E-state index contributed by atoms with van der Waals surface area (Å²) in [4.78, 5) is 15.8. The Morgan fingerprint density at radius 3 is 0.868 bits per heavy atom. The molecule has 6 nitrogen and oxygen atoms in total. The van der Waals surface area contributed by atoms with Gasteiger partial charge in [-0.15, -0.1) is 0 Å². The van der Waals surface area contributed by atoms with Crippen LogP contribution in [0.3, 0.4) is 0 Å². The molecule has 0 saturated carbocycles. The maximum Gasteiger partial charge on any atom is 0.166 e. The third kappa shape index (κ3) is 7.70. The minimum Gasteiger partial charge on any atom is -0.308 e. The number of hydrogen-bond acceptors (Lipinski definition) is 4. The predicted octanol–water partition coefficient (Wildman–Crippen LogP) is 17.6. The van der Waals surface area contributed by atoms with Gasteiger partial charge in [-0.1, -0.05) is 206 Å². The number of nitrogens with zero attached hydrogens (tertiary/aromatic N) is 6. The fraction of sp³-hybridized carbons (Fsp3) is 0. The lowest BCUT2D eigenvalue weighted by molar-refractivity contribution is 1.06. The number of benzene rings is 11. The van der Waals surface area contributed by atoms with Gasteiger partial charge in [-0.25, -0.2) is 15.0 Å². The molecule has 0 amide bonds. The van der Waals surface area contributed by atoms with Crippen molar-refractivity contribution in [1.82, 2.24) is 24.1 Å². The zero-order valence-electron chi connectivity index (χ0n) is 41.1. The monoisotopic (exact) mass is 968 g/mol. The number of nitriles is 1. The second kappa shape index (κ2) is 18.5. The van der Waals surface area contributed by atoms with Crippen molar-refractivity contribution in [3.63, 3.8) is 0 Å². The van der Waals surface area contributed by atoms with E-state index in [2.05, 4.69) is 203 Å². The van der Waals surface area contributed by atoms with E-state index in [-0.39, 0.29) is 0 Å². The number of aromatic nitrogens is 5. The van der Waals surface area contributed by atoms with E-state index in [0.717, 1.165) is 111 Å². The van der Waals surface area contributed by atoms with Gasteiger partial charge in [-0.05, 0) is 105 Å². The Bertz CT molecular complexity index is 4290. The molecule has 76 heavy (non-hydrogen) atoms. The Kier molecular flexibility index (Phi) is 10.8. The lowest BCUT2D eigenvalue weighted by atomic mass is 10.0. The number of fused-ring (bicyclic) bond motifs is 6. The van der Waals surface area contributed by atoms with Crippen LogP contribution in [0.5, 0.6) is 0 Å². The molecule has 6 heteroatoms. The van der Waals surface area contributed by atoms with E-state index in [9.17, 15) is 5.26 Å². The zero-order chi connectivity index (χ0) is 50.5. The van der Waals surface area contributed by atoms with Crippen molar-refractivity contribution in [3.05, 3.63) is 272 Å². The van der Waals surface area contributed by atoms with Gasteiger partial charge in [0.25, 0.3) is 0 Å². The Morgan fingerprint density at radius 1 is 0.263 bits per heavy atom. The van der Waals surface area contributed by atoms with Crippen molar-refractivity contribution >= 4 is 43.6 Å². The van der Waals surface area contributed by atoms with E-state index < -0.39 is 0 Å². The average molecular weight is 969 g/mol. The summed E-state index contributed by atoms with van der Waals surface area (Å²) < 4.78 is 4.62. The van der Waals surface area contributed by atoms with E-state index in [0.29, 0.717) is 28.6 Å². The minimum absolute atomic E-state index is 0.449. The molecular formula is C70H44N6. The molecule has 14 rings (SSSR count). The van der Waals surface area contributed by atoms with Gasteiger partial charge in [0.15, 0.2) is 17.5 Å². The van der Waals surface area contributed by atoms with E-state index >= 15 is 0 Å². The fourth-order valence-corrected chi connectivity index (χ4v) is 11.0. The molecule has 354 valence electrons. The first-order chi connectivity index (χ1) is 37.6. The van der Waals surface area contributed by atoms with Crippen LogP contribution in [0.25, 0.3) is 134 Å². The molecule has 0 bridgehead atoms. The van der Waals surface area contributed by atoms with E-state index in [1.807, 2.05) is 78.9 Å². The third-order valence-electron chi connectivity index (χ3n) is 14.6. The molecule has 0 spiro atoms. The molecule has 3 aromatic heterocycles. The van der Waals surface area contributed by atoms with Crippen molar-refractivity contribution in [2.24, 2.45) is 0 Å². The van der Waals surface area contributed by atoms with E-state index in [1.165, 1.54) is 0 Å². The first kappa shape index (κ1) is 44.2. The van der Waals surface area contributed by atoms with Crippen LogP contribution in [0.1, 0.15) is 5.56 Å². The van der Waals surface area contributed by atoms with Gasteiger partial charge in [-0.3, -0.25) is 0 Å². The molecule has 0 N–H and O–H groups in total. The molecule has 3 heterocycles. The Hall–Kier alpha value is -10.5. The topological polar surface area (TPSA) is 72.3 Å². The largest absolute Gasteiger partial charge is 0.308 e. The van der Waals surface area contributed by atoms with Crippen molar-refractivity contribution in [1.29, 1.82) is 5.26 Å². The van der Waals surface area contributed by atoms with Gasteiger partial charge in [0.2, 0.25) is 0 Å². The Balaban J connectivity index is 1.10. The molecular weight excluding hydrogens is 925 g/mol. The Labute approximate surface area is 439 Å². The van der Waals surface area contributed by atoms with Crippen LogP contribution in [0, 0.1) is 11.3 Å². The van der Waals surface area contributed by atoms with Crippen molar-refractivity contribution < 1.29 is 0 Å². The molecule has 0 aliphatic rings. The summed E-state index contributed by atoms with van der Waals surface area (Å²) in [5.41, 5.74) is 17.4. The quantitative estimate of drug-likeness (QED) is 0.144. The van der Waals surface area contributed by atoms with Crippen LogP contribution in [0.15, 0.2) is 267 Å². The summed E-state index contributed by atoms with van der Waals surface area (Å²) in [5, 5.41) is 16.0. The second-order valence-corrected chi connectivity index (χ2v) is 19.1. The molecule has 0 unspecified atom stereocenters. The van der Waals surface area contributed by atoms with Crippen LogP contribution in [0.4, 0.5) is 0 Å². The van der Waals surface area contributed by atoms with Crippen molar-refractivity contribution in [2.45, 2.75) is 0 Å². The fourth-order valence-electron chi connectivity index (χ4n) is 11.0. The standard InChI is InChI=1S/C70H44N6/c71-45-56-43-61(70-73-68(50-27-15-5-16-28-50)72-69(74-70)51-29-17-6-18-30-51)67(76-64-37-33-54(48-23-11-3-12-24-48)41-59(64)60-42-55(34-38-65(60)76)49-25-13-4-14-26-49)44-66(56)75-62-35-31-52(46-19-7-1-8-20-46)39-57(62)58-40-53(32-36-63(58)75)47-21-9-2-10-22-47/h1-44H. The molecule has 0 radical (unpaired) electrons. The second-order valence-electron chi connectivity index (χ2n) is 19.1. The van der Waals surface area contributed by atoms with E-state index in [4.69, 9.17) is 15.0 Å². The SMILES string of the molecule is N#Cc1cc(-c2nc(-c3ccccc3)nc(-c3ccccc3)n2)c(-n2c3ccc(-c4ccccc4)cc3c3cc(-c4ccccc4)ccc32)cc1-n1c2ccc(-c3ccccc3)cc2c2cc(-c3ccccc3)ccc21. The summed E-state index contributed by atoms with van der Waals surface area (Å²) in [6, 6.07) is 95.9. The van der Waals surface area contributed by atoms with Gasteiger partial charge in [0.1, 0.15) is 6.07 Å². The molecule has 0 aliphatic heterocycles. The summed E-state index contributed by atoms with van der Waals surface area (Å²) in [6.07, 6.45) is 0. The minimum atomic E-state index is 0.449. The van der Waals surface area contributed by atoms with Crippen LogP contribution >= 0.6 is 0 Å². The number of rotatable bonds is 9. The van der Waals surface area contributed by atoms with Crippen LogP contribution in [-0.2, 0) is 0 Å². The lowest BCUT2D eigenvalue weighted by Gasteiger charge is -2.19. The van der Waals surface area contributed by atoms with Gasteiger partial charge < -0.3 is 9.13 Å². The molecule has 0 saturated heterocycles. The van der Waals surface area contributed by atoms with Crippen LogP contribution in [0.2, 0.25) is 0 Å². The van der Waals surface area contributed by atoms with Crippen LogP contribution < -0.4 is 0 Å². The normalized spacial score (nSPS) is 11.4. The molecule has 0 aliphatic carbocycles. The molecule has 14 aromatic rings. The van der Waals surface area contributed by atoms with Crippen LogP contribution in [-0.4, -0.2) is 24.1 Å². The zero-order valence-corrected chi connectivity index (χ0v) is 41.1. The first-order valence-corrected chi connectivity index (χ1v) is 25.5. The highest BCUT2D eigenvalue weighted by Crippen LogP contribution is 2.44. The summed E-state index contributed by atoms with van der Waals surface area (Å²) in [5.74, 6) is 1.52. The molecule has 11 aromatic carbocycles. The Morgan fingerprint density at radius 2 is 0.553 bits per heavy atom. The average Bonchev–Trinajstić information content (AvgIpc) is 4.03. The summed E-state index contributed by atoms with van der Waals surface area (Å²) in [6.45, 7) is 0.